The first-order valence-electron chi connectivity index (χ1n) is 8.73. The van der Waals surface area contributed by atoms with E-state index < -0.39 is 0 Å². The molecule has 2 aromatic rings. The Bertz CT molecular complexity index is 821. The molecule has 7 nitrogen and oxygen atoms in total. The average Bonchev–Trinajstić information content (AvgIpc) is 3.30. The van der Waals surface area contributed by atoms with Gasteiger partial charge in [-0.2, -0.15) is 0 Å². The van der Waals surface area contributed by atoms with E-state index in [9.17, 15) is 4.79 Å². The Morgan fingerprint density at radius 3 is 2.96 bits per heavy atom. The van der Waals surface area contributed by atoms with Crippen LogP contribution in [-0.2, 0) is 11.4 Å². The van der Waals surface area contributed by atoms with Crippen molar-refractivity contribution in [3.63, 3.8) is 0 Å². The molecule has 0 saturated heterocycles. The summed E-state index contributed by atoms with van der Waals surface area (Å²) in [5.41, 5.74) is 1.65. The molecule has 0 aliphatic carbocycles. The molecule has 0 bridgehead atoms. The number of ether oxygens (including phenoxy) is 1. The van der Waals surface area contributed by atoms with Crippen LogP contribution in [0.15, 0.2) is 46.0 Å². The van der Waals surface area contributed by atoms with E-state index in [2.05, 4.69) is 10.5 Å². The molecule has 1 aromatic heterocycles. The summed E-state index contributed by atoms with van der Waals surface area (Å²) < 4.78 is 10.6. The molecule has 0 saturated carbocycles. The highest BCUT2D eigenvalue weighted by Crippen LogP contribution is 2.22. The quantitative estimate of drug-likeness (QED) is 0.781. The van der Waals surface area contributed by atoms with E-state index in [0.29, 0.717) is 42.7 Å². The van der Waals surface area contributed by atoms with Crippen molar-refractivity contribution in [3.8, 4) is 5.75 Å². The molecule has 1 aliphatic heterocycles. The second-order valence-corrected chi connectivity index (χ2v) is 6.51. The highest BCUT2D eigenvalue weighted by atomic mass is 35.5. The predicted molar refractivity (Wildman–Crippen MR) is 102 cm³/mol. The standard InChI is InChI=1S/C19H22ClN3O4/c1-3-21-19(24)23(11-13-5-4-6-14(9-13)25-2)12-15-10-16(22-27-15)17-7-8-18(20)26-17/h4-9,15H,3,10-12H2,1-2H3,(H,21,24)/t15-/m0/s1. The molecule has 144 valence electrons. The van der Waals surface area contributed by atoms with E-state index in [1.807, 2.05) is 31.2 Å². The number of nitrogens with zero attached hydrogens (tertiary/aromatic N) is 2. The topological polar surface area (TPSA) is 76.3 Å². The van der Waals surface area contributed by atoms with Gasteiger partial charge in [0.1, 0.15) is 11.5 Å². The van der Waals surface area contributed by atoms with Crippen molar-refractivity contribution in [2.45, 2.75) is 26.0 Å². The number of urea groups is 1. The van der Waals surface area contributed by atoms with Gasteiger partial charge >= 0.3 is 6.03 Å². The SMILES string of the molecule is CCNC(=O)N(Cc1cccc(OC)c1)C[C@@H]1CC(c2ccc(Cl)o2)=NO1. The summed E-state index contributed by atoms with van der Waals surface area (Å²) in [6.45, 7) is 3.26. The minimum absolute atomic E-state index is 0.154. The highest BCUT2D eigenvalue weighted by Gasteiger charge is 2.28. The Morgan fingerprint density at radius 1 is 1.41 bits per heavy atom. The van der Waals surface area contributed by atoms with Crippen LogP contribution >= 0.6 is 11.6 Å². The smallest absolute Gasteiger partial charge is 0.317 e. The van der Waals surface area contributed by atoms with E-state index in [1.54, 1.807) is 24.1 Å². The first-order chi connectivity index (χ1) is 13.1. The summed E-state index contributed by atoms with van der Waals surface area (Å²) in [4.78, 5) is 19.7. The van der Waals surface area contributed by atoms with Gasteiger partial charge in [0.25, 0.3) is 0 Å². The van der Waals surface area contributed by atoms with E-state index >= 15 is 0 Å². The number of furan rings is 1. The Morgan fingerprint density at radius 2 is 2.26 bits per heavy atom. The average molecular weight is 392 g/mol. The van der Waals surface area contributed by atoms with Crippen LogP contribution < -0.4 is 10.1 Å². The zero-order chi connectivity index (χ0) is 19.2. The monoisotopic (exact) mass is 391 g/mol. The Labute approximate surface area is 162 Å². The van der Waals surface area contributed by atoms with Crippen molar-refractivity contribution in [1.82, 2.24) is 10.2 Å². The summed E-state index contributed by atoms with van der Waals surface area (Å²) in [6.07, 6.45) is 0.287. The predicted octanol–water partition coefficient (Wildman–Crippen LogP) is 3.67. The maximum atomic E-state index is 12.5. The normalized spacial score (nSPS) is 15.8. The van der Waals surface area contributed by atoms with Gasteiger partial charge in [0.2, 0.25) is 0 Å². The van der Waals surface area contributed by atoms with Crippen molar-refractivity contribution in [2.75, 3.05) is 20.2 Å². The number of halogens is 1. The lowest BCUT2D eigenvalue weighted by atomic mass is 10.1. The van der Waals surface area contributed by atoms with Gasteiger partial charge in [0, 0.05) is 19.5 Å². The maximum Gasteiger partial charge on any atom is 0.317 e. The number of benzene rings is 1. The zero-order valence-corrected chi connectivity index (χ0v) is 16.0. The third-order valence-corrected chi connectivity index (χ3v) is 4.34. The number of oxime groups is 1. The summed E-state index contributed by atoms with van der Waals surface area (Å²) in [6, 6.07) is 10.9. The van der Waals surface area contributed by atoms with Crippen LogP contribution in [0.4, 0.5) is 4.79 Å². The van der Waals surface area contributed by atoms with Gasteiger partial charge in [-0.15, -0.1) is 0 Å². The van der Waals surface area contributed by atoms with Gasteiger partial charge in [-0.1, -0.05) is 17.3 Å². The summed E-state index contributed by atoms with van der Waals surface area (Å²) in [7, 11) is 1.62. The molecule has 0 unspecified atom stereocenters. The van der Waals surface area contributed by atoms with Crippen molar-refractivity contribution >= 4 is 23.3 Å². The maximum absolute atomic E-state index is 12.5. The molecule has 2 heterocycles. The van der Waals surface area contributed by atoms with Crippen molar-refractivity contribution in [3.05, 3.63) is 52.9 Å². The first-order valence-corrected chi connectivity index (χ1v) is 9.11. The van der Waals surface area contributed by atoms with Crippen LogP contribution in [-0.4, -0.2) is 42.9 Å². The molecule has 1 atom stereocenters. The van der Waals surface area contributed by atoms with Crippen molar-refractivity contribution in [2.24, 2.45) is 5.16 Å². The van der Waals surface area contributed by atoms with Crippen LogP contribution in [0, 0.1) is 0 Å². The van der Waals surface area contributed by atoms with Crippen LogP contribution in [0.1, 0.15) is 24.7 Å². The van der Waals surface area contributed by atoms with Crippen molar-refractivity contribution < 1.29 is 18.8 Å². The Hall–Kier alpha value is -2.67. The highest BCUT2D eigenvalue weighted by molar-refractivity contribution is 6.29. The van der Waals surface area contributed by atoms with E-state index in [0.717, 1.165) is 11.3 Å². The zero-order valence-electron chi connectivity index (χ0n) is 15.3. The lowest BCUT2D eigenvalue weighted by molar-refractivity contribution is 0.0590. The lowest BCUT2D eigenvalue weighted by Gasteiger charge is -2.25. The van der Waals surface area contributed by atoms with E-state index in [4.69, 9.17) is 25.6 Å². The number of amides is 2. The fraction of sp³-hybridized carbons (Fsp3) is 0.368. The lowest BCUT2D eigenvalue weighted by Crippen LogP contribution is -2.43. The van der Waals surface area contributed by atoms with Gasteiger partial charge in [-0.3, -0.25) is 0 Å². The molecule has 3 rings (SSSR count). The molecule has 0 spiro atoms. The van der Waals surface area contributed by atoms with Gasteiger partial charge in [0.05, 0.1) is 13.7 Å². The van der Waals surface area contributed by atoms with Crippen LogP contribution in [0.25, 0.3) is 0 Å². The van der Waals surface area contributed by atoms with Crippen LogP contribution in [0.3, 0.4) is 0 Å². The molecule has 0 radical (unpaired) electrons. The molecule has 8 heteroatoms. The number of carbonyl (C=O) groups excluding carboxylic acids is 1. The van der Waals surface area contributed by atoms with E-state index in [1.165, 1.54) is 0 Å². The first kappa shape index (κ1) is 19.1. The van der Waals surface area contributed by atoms with Crippen LogP contribution in [0.2, 0.25) is 5.22 Å². The Kier molecular flexibility index (Phi) is 6.24. The molecular weight excluding hydrogens is 370 g/mol. The fourth-order valence-electron chi connectivity index (χ4n) is 2.86. The third kappa shape index (κ3) is 4.95. The summed E-state index contributed by atoms with van der Waals surface area (Å²) in [5, 5.41) is 7.22. The molecule has 1 aliphatic rings. The molecule has 27 heavy (non-hydrogen) atoms. The van der Waals surface area contributed by atoms with Gasteiger partial charge in [-0.25, -0.2) is 4.79 Å². The fourth-order valence-corrected chi connectivity index (χ4v) is 3.01. The number of nitrogens with one attached hydrogen (secondary N) is 1. The van der Waals surface area contributed by atoms with Gasteiger partial charge < -0.3 is 24.2 Å². The molecule has 2 amide bonds. The minimum atomic E-state index is -0.253. The number of hydrogen-bond acceptors (Lipinski definition) is 5. The molecule has 0 fully saturated rings. The van der Waals surface area contributed by atoms with Crippen LogP contribution in [0.5, 0.6) is 5.75 Å². The van der Waals surface area contributed by atoms with Gasteiger partial charge in [-0.05, 0) is 48.4 Å². The van der Waals surface area contributed by atoms with Crippen molar-refractivity contribution in [1.29, 1.82) is 0 Å². The molecule has 1 N–H and O–H groups in total. The molecular formula is C19H22ClN3O4. The number of hydrogen-bond donors (Lipinski definition) is 1. The number of rotatable bonds is 7. The summed E-state index contributed by atoms with van der Waals surface area (Å²) >= 11 is 5.82. The second-order valence-electron chi connectivity index (χ2n) is 6.14. The second kappa shape index (κ2) is 8.81. The number of methoxy groups -OCH3 is 1. The largest absolute Gasteiger partial charge is 0.497 e. The minimum Gasteiger partial charge on any atom is -0.497 e. The number of carbonyl (C=O) groups is 1. The van der Waals surface area contributed by atoms with E-state index in [-0.39, 0.29) is 12.1 Å². The summed E-state index contributed by atoms with van der Waals surface area (Å²) in [5.74, 6) is 1.33. The molecule has 1 aromatic carbocycles. The van der Waals surface area contributed by atoms with Gasteiger partial charge in [0.15, 0.2) is 17.1 Å². The third-order valence-electron chi connectivity index (χ3n) is 4.14. The Balaban J connectivity index is 1.66.